The van der Waals surface area contributed by atoms with Gasteiger partial charge in [0.1, 0.15) is 5.82 Å². The van der Waals surface area contributed by atoms with E-state index in [4.69, 9.17) is 5.11 Å². The van der Waals surface area contributed by atoms with Crippen molar-refractivity contribution in [3.63, 3.8) is 0 Å². The molecule has 2 rings (SSSR count). The summed E-state index contributed by atoms with van der Waals surface area (Å²) in [5, 5.41) is 13.4. The van der Waals surface area contributed by atoms with Gasteiger partial charge in [0.05, 0.1) is 12.3 Å². The average Bonchev–Trinajstić information content (AvgIpc) is 2.58. The van der Waals surface area contributed by atoms with Crippen LogP contribution in [0.3, 0.4) is 0 Å². The zero-order valence-electron chi connectivity index (χ0n) is 9.60. The first-order valence-electron chi connectivity index (χ1n) is 5.09. The van der Waals surface area contributed by atoms with Crippen LogP contribution in [0.25, 0.3) is 5.82 Å². The van der Waals surface area contributed by atoms with Crippen molar-refractivity contribution >= 4 is 0 Å². The fourth-order valence-corrected chi connectivity index (χ4v) is 1.58. The van der Waals surface area contributed by atoms with Gasteiger partial charge in [0.25, 0.3) is 0 Å². The Hall–Kier alpha value is -1.75. The van der Waals surface area contributed by atoms with Crippen LogP contribution in [0.15, 0.2) is 12.3 Å². The van der Waals surface area contributed by atoms with E-state index < -0.39 is 0 Å². The van der Waals surface area contributed by atoms with E-state index in [0.717, 1.165) is 22.8 Å². The minimum Gasteiger partial charge on any atom is -0.392 e. The van der Waals surface area contributed by atoms with Crippen molar-refractivity contribution in [1.29, 1.82) is 0 Å². The summed E-state index contributed by atoms with van der Waals surface area (Å²) in [4.78, 5) is 8.51. The molecule has 2 heterocycles. The van der Waals surface area contributed by atoms with E-state index in [1.165, 1.54) is 0 Å². The molecule has 0 radical (unpaired) electrons. The first-order chi connectivity index (χ1) is 7.60. The normalized spacial score (nSPS) is 10.8. The summed E-state index contributed by atoms with van der Waals surface area (Å²) < 4.78 is 1.67. The maximum absolute atomic E-state index is 9.10. The quantitative estimate of drug-likeness (QED) is 0.819. The summed E-state index contributed by atoms with van der Waals surface area (Å²) in [5.41, 5.74) is 2.53. The molecule has 2 aromatic heterocycles. The van der Waals surface area contributed by atoms with Gasteiger partial charge in [-0.3, -0.25) is 0 Å². The van der Waals surface area contributed by atoms with Crippen LogP contribution in [0.5, 0.6) is 0 Å². The molecule has 5 heteroatoms. The van der Waals surface area contributed by atoms with Crippen LogP contribution in [0.1, 0.15) is 22.8 Å². The molecule has 2 aromatic rings. The van der Waals surface area contributed by atoms with Crippen LogP contribution < -0.4 is 0 Å². The lowest BCUT2D eigenvalue weighted by atomic mass is 10.3. The second kappa shape index (κ2) is 4.02. The Morgan fingerprint density at radius 1 is 1.25 bits per heavy atom. The van der Waals surface area contributed by atoms with Crippen LogP contribution in [0.4, 0.5) is 0 Å². The monoisotopic (exact) mass is 218 g/mol. The van der Waals surface area contributed by atoms with Gasteiger partial charge in [-0.05, 0) is 20.8 Å². The number of hydrogen-bond donors (Lipinski definition) is 1. The summed E-state index contributed by atoms with van der Waals surface area (Å²) in [5.74, 6) is 1.45. The van der Waals surface area contributed by atoms with Gasteiger partial charge in [-0.25, -0.2) is 14.6 Å². The van der Waals surface area contributed by atoms with Crippen LogP contribution in [0.2, 0.25) is 0 Å². The predicted molar refractivity (Wildman–Crippen MR) is 59.3 cm³/mol. The van der Waals surface area contributed by atoms with Crippen molar-refractivity contribution in [1.82, 2.24) is 19.7 Å². The van der Waals surface area contributed by atoms with Gasteiger partial charge in [0.15, 0.2) is 5.82 Å². The van der Waals surface area contributed by atoms with Crippen molar-refractivity contribution in [2.75, 3.05) is 0 Å². The van der Waals surface area contributed by atoms with Crippen molar-refractivity contribution in [3.05, 3.63) is 35.0 Å². The largest absolute Gasteiger partial charge is 0.392 e. The van der Waals surface area contributed by atoms with Crippen molar-refractivity contribution in [2.45, 2.75) is 27.4 Å². The molecule has 1 N–H and O–H groups in total. The second-order valence-electron chi connectivity index (χ2n) is 3.76. The maximum Gasteiger partial charge on any atom is 0.157 e. The minimum absolute atomic E-state index is 0.00508. The highest BCUT2D eigenvalue weighted by Gasteiger charge is 2.07. The fraction of sp³-hybridized carbons (Fsp3) is 0.364. The van der Waals surface area contributed by atoms with Gasteiger partial charge < -0.3 is 5.11 Å². The summed E-state index contributed by atoms with van der Waals surface area (Å²) >= 11 is 0. The lowest BCUT2D eigenvalue weighted by Gasteiger charge is -2.02. The summed E-state index contributed by atoms with van der Waals surface area (Å²) in [6, 6.07) is 1.86. The molecule has 0 amide bonds. The zero-order valence-corrected chi connectivity index (χ0v) is 9.60. The molecule has 0 atom stereocenters. The lowest BCUT2D eigenvalue weighted by molar-refractivity contribution is 0.281. The van der Waals surface area contributed by atoms with Crippen molar-refractivity contribution in [2.24, 2.45) is 0 Å². The Morgan fingerprint density at radius 2 is 2.00 bits per heavy atom. The average molecular weight is 218 g/mol. The molecule has 0 aliphatic carbocycles. The lowest BCUT2D eigenvalue weighted by Crippen LogP contribution is -2.02. The minimum atomic E-state index is -0.00508. The number of aliphatic hydroxyl groups excluding tert-OH is 1. The van der Waals surface area contributed by atoms with Gasteiger partial charge in [0.2, 0.25) is 0 Å². The first kappa shape index (κ1) is 10.8. The molecule has 16 heavy (non-hydrogen) atoms. The molecular formula is C11H14N4O. The number of aliphatic hydroxyl groups is 1. The molecule has 5 nitrogen and oxygen atoms in total. The first-order valence-corrected chi connectivity index (χ1v) is 5.09. The third kappa shape index (κ3) is 1.94. The van der Waals surface area contributed by atoms with Crippen molar-refractivity contribution in [3.8, 4) is 5.82 Å². The van der Waals surface area contributed by atoms with Gasteiger partial charge in [-0.15, -0.1) is 0 Å². The molecule has 0 fully saturated rings. The van der Waals surface area contributed by atoms with E-state index in [-0.39, 0.29) is 6.61 Å². The van der Waals surface area contributed by atoms with Crippen LogP contribution in [0, 0.1) is 20.8 Å². The highest BCUT2D eigenvalue weighted by Crippen LogP contribution is 2.11. The topological polar surface area (TPSA) is 63.8 Å². The third-order valence-corrected chi connectivity index (χ3v) is 2.36. The molecule has 0 aliphatic heterocycles. The third-order valence-electron chi connectivity index (χ3n) is 2.36. The van der Waals surface area contributed by atoms with Gasteiger partial charge in [-0.2, -0.15) is 5.10 Å². The Morgan fingerprint density at radius 3 is 2.56 bits per heavy atom. The predicted octanol–water partition coefficient (Wildman–Crippen LogP) is 1.08. The standard InChI is InChI=1S/C11H14N4O/c1-7-4-11(13-9(3)12-7)15-5-10(6-16)8(2)14-15/h4-5,16H,6H2,1-3H3. The molecule has 0 unspecified atom stereocenters. The fourth-order valence-electron chi connectivity index (χ4n) is 1.58. The maximum atomic E-state index is 9.10. The molecular weight excluding hydrogens is 204 g/mol. The molecule has 0 aliphatic rings. The molecule has 0 saturated heterocycles. The van der Waals surface area contributed by atoms with E-state index in [9.17, 15) is 0 Å². The number of nitrogens with zero attached hydrogens (tertiary/aromatic N) is 4. The molecule has 0 bridgehead atoms. The zero-order chi connectivity index (χ0) is 11.7. The summed E-state index contributed by atoms with van der Waals surface area (Å²) in [6.45, 7) is 5.62. The van der Waals surface area contributed by atoms with E-state index >= 15 is 0 Å². The Kier molecular flexibility index (Phi) is 2.70. The van der Waals surface area contributed by atoms with Crippen LogP contribution >= 0.6 is 0 Å². The Balaban J connectivity index is 2.49. The number of aromatic nitrogens is 4. The van der Waals surface area contributed by atoms with Gasteiger partial charge in [-0.1, -0.05) is 0 Å². The highest BCUT2D eigenvalue weighted by molar-refractivity contribution is 5.27. The number of aryl methyl sites for hydroxylation is 3. The second-order valence-corrected chi connectivity index (χ2v) is 3.76. The number of rotatable bonds is 2. The van der Waals surface area contributed by atoms with Crippen LogP contribution in [-0.2, 0) is 6.61 Å². The molecule has 0 spiro atoms. The Labute approximate surface area is 93.8 Å². The number of hydrogen-bond acceptors (Lipinski definition) is 4. The van der Waals surface area contributed by atoms with Crippen molar-refractivity contribution < 1.29 is 5.11 Å². The van der Waals surface area contributed by atoms with E-state index in [0.29, 0.717) is 5.82 Å². The van der Waals surface area contributed by atoms with Gasteiger partial charge >= 0.3 is 0 Å². The molecule has 0 aromatic carbocycles. The summed E-state index contributed by atoms with van der Waals surface area (Å²) in [7, 11) is 0. The van der Waals surface area contributed by atoms with E-state index in [2.05, 4.69) is 15.1 Å². The molecule has 0 saturated carbocycles. The highest BCUT2D eigenvalue weighted by atomic mass is 16.3. The van der Waals surface area contributed by atoms with Gasteiger partial charge in [0, 0.05) is 23.5 Å². The van der Waals surface area contributed by atoms with Crippen LogP contribution in [-0.4, -0.2) is 24.9 Å². The van der Waals surface area contributed by atoms with E-state index in [1.54, 1.807) is 10.9 Å². The Bertz CT molecular complexity index is 498. The smallest absolute Gasteiger partial charge is 0.157 e. The van der Waals surface area contributed by atoms with E-state index in [1.807, 2.05) is 26.8 Å². The summed E-state index contributed by atoms with van der Waals surface area (Å²) in [6.07, 6.45) is 1.79. The molecule has 84 valence electrons. The SMILES string of the molecule is Cc1cc(-n2cc(CO)c(C)n2)nc(C)n1.